The largest absolute Gasteiger partial charge is 0.283 e. The van der Waals surface area contributed by atoms with Crippen molar-refractivity contribution in [3.05, 3.63) is 12.7 Å². The first-order valence-electron chi connectivity index (χ1n) is 1.62. The fraction of sp³-hybridized carbons (Fsp3) is 0. The zero-order chi connectivity index (χ0) is 5.70. The van der Waals surface area contributed by atoms with E-state index in [9.17, 15) is 0 Å². The molecule has 0 aliphatic carbocycles. The van der Waals surface area contributed by atoms with E-state index < -0.39 is 0 Å². The number of hydrogen-bond donors (Lipinski definition) is 1. The highest BCUT2D eigenvalue weighted by Crippen LogP contribution is 1.66. The summed E-state index contributed by atoms with van der Waals surface area (Å²) in [5, 5.41) is 10.1. The van der Waals surface area contributed by atoms with Crippen LogP contribution >= 0.6 is 12.2 Å². The van der Waals surface area contributed by atoms with Gasteiger partial charge in [-0.25, -0.2) is 0 Å². The summed E-state index contributed by atoms with van der Waals surface area (Å²) in [5.41, 5.74) is 0. The lowest BCUT2D eigenvalue weighted by molar-refractivity contribution is 1.30. The molecule has 7 heavy (non-hydrogen) atoms. The standard InChI is InChI=1S/C4H4N2S/c1-2-4(7)6-3-5/h2H,1H2,(H,6,7). The van der Waals surface area contributed by atoms with Gasteiger partial charge in [0, 0.05) is 0 Å². The van der Waals surface area contributed by atoms with Crippen molar-refractivity contribution in [2.24, 2.45) is 0 Å². The van der Waals surface area contributed by atoms with Crippen LogP contribution in [0.2, 0.25) is 0 Å². The first kappa shape index (κ1) is 6.12. The van der Waals surface area contributed by atoms with Gasteiger partial charge in [-0.15, -0.1) is 0 Å². The van der Waals surface area contributed by atoms with Crippen LogP contribution in [0.1, 0.15) is 0 Å². The second-order valence-electron chi connectivity index (χ2n) is 0.805. The Balaban J connectivity index is 3.42. The van der Waals surface area contributed by atoms with Crippen molar-refractivity contribution in [3.8, 4) is 6.19 Å². The lowest BCUT2D eigenvalue weighted by Gasteiger charge is -1.83. The molecule has 3 heteroatoms. The van der Waals surface area contributed by atoms with E-state index in [2.05, 4.69) is 24.1 Å². The summed E-state index contributed by atoms with van der Waals surface area (Å²) in [6, 6.07) is 0. The van der Waals surface area contributed by atoms with Crippen LogP contribution in [0, 0.1) is 11.5 Å². The van der Waals surface area contributed by atoms with Gasteiger partial charge in [0.05, 0.1) is 0 Å². The zero-order valence-corrected chi connectivity index (χ0v) is 4.46. The molecule has 0 rings (SSSR count). The van der Waals surface area contributed by atoms with E-state index in [0.29, 0.717) is 4.99 Å². The highest BCUT2D eigenvalue weighted by molar-refractivity contribution is 7.80. The van der Waals surface area contributed by atoms with Gasteiger partial charge in [0.2, 0.25) is 0 Å². The second kappa shape index (κ2) is 3.32. The first-order chi connectivity index (χ1) is 3.31. The summed E-state index contributed by atoms with van der Waals surface area (Å²) in [6.07, 6.45) is 3.06. The normalized spacial score (nSPS) is 6.14. The molecule has 0 heterocycles. The fourth-order valence-corrected chi connectivity index (χ4v) is 0.152. The van der Waals surface area contributed by atoms with Crippen LogP contribution in [0.5, 0.6) is 0 Å². The van der Waals surface area contributed by atoms with E-state index in [1.54, 1.807) is 6.19 Å². The summed E-state index contributed by atoms with van der Waals surface area (Å²) < 4.78 is 0. The topological polar surface area (TPSA) is 35.8 Å². The molecule has 0 saturated carbocycles. The molecule has 0 saturated heterocycles. The van der Waals surface area contributed by atoms with Crippen LogP contribution in [0.3, 0.4) is 0 Å². The third kappa shape index (κ3) is 2.94. The molecule has 0 aromatic carbocycles. The van der Waals surface area contributed by atoms with E-state index in [1.807, 2.05) is 0 Å². The number of rotatable bonds is 1. The van der Waals surface area contributed by atoms with Gasteiger partial charge in [-0.1, -0.05) is 18.8 Å². The summed E-state index contributed by atoms with van der Waals surface area (Å²) in [7, 11) is 0. The minimum Gasteiger partial charge on any atom is -0.283 e. The fourth-order valence-electron chi connectivity index (χ4n) is 0.106. The van der Waals surface area contributed by atoms with E-state index in [-0.39, 0.29) is 0 Å². The van der Waals surface area contributed by atoms with Crippen LogP contribution < -0.4 is 5.32 Å². The maximum atomic E-state index is 7.87. The van der Waals surface area contributed by atoms with Gasteiger partial charge >= 0.3 is 0 Å². The third-order valence-electron chi connectivity index (χ3n) is 0.364. The lowest BCUT2D eigenvalue weighted by atomic mass is 10.6. The molecular weight excluding hydrogens is 108 g/mol. The van der Waals surface area contributed by atoms with Gasteiger partial charge in [-0.05, 0) is 6.08 Å². The smallest absolute Gasteiger partial charge is 0.182 e. The Bertz CT molecular complexity index is 122. The molecule has 1 N–H and O–H groups in total. The van der Waals surface area contributed by atoms with Crippen molar-refractivity contribution in [2.75, 3.05) is 0 Å². The predicted molar refractivity (Wildman–Crippen MR) is 31.5 cm³/mol. The Morgan fingerprint density at radius 1 is 2.00 bits per heavy atom. The first-order valence-corrected chi connectivity index (χ1v) is 2.03. The van der Waals surface area contributed by atoms with Crippen LogP contribution in [0.25, 0.3) is 0 Å². The van der Waals surface area contributed by atoms with Crippen molar-refractivity contribution < 1.29 is 0 Å². The number of nitriles is 1. The summed E-state index contributed by atoms with van der Waals surface area (Å²) in [5.74, 6) is 0. The second-order valence-corrected chi connectivity index (χ2v) is 1.25. The van der Waals surface area contributed by atoms with Crippen molar-refractivity contribution in [1.82, 2.24) is 5.32 Å². The predicted octanol–water partition coefficient (Wildman–Crippen LogP) is 0.570. The Labute approximate surface area is 47.4 Å². The molecule has 0 aliphatic heterocycles. The number of nitrogens with zero attached hydrogens (tertiary/aromatic N) is 1. The van der Waals surface area contributed by atoms with Crippen LogP contribution in [0.4, 0.5) is 0 Å². The monoisotopic (exact) mass is 112 g/mol. The molecule has 0 bridgehead atoms. The van der Waals surface area contributed by atoms with E-state index in [0.717, 1.165) is 0 Å². The van der Waals surface area contributed by atoms with Crippen LogP contribution in [0.15, 0.2) is 12.7 Å². The molecule has 0 amide bonds. The minimum absolute atomic E-state index is 0.363. The highest BCUT2D eigenvalue weighted by Gasteiger charge is 1.78. The molecular formula is C4H4N2S. The Kier molecular flexibility index (Phi) is 2.90. The highest BCUT2D eigenvalue weighted by atomic mass is 32.1. The van der Waals surface area contributed by atoms with Crippen molar-refractivity contribution in [1.29, 1.82) is 5.26 Å². The van der Waals surface area contributed by atoms with E-state index in [4.69, 9.17) is 5.26 Å². The number of thiocarbonyl (C=S) groups is 1. The molecule has 36 valence electrons. The quantitative estimate of drug-likeness (QED) is 0.233. The SMILES string of the molecule is C=CC(=S)NC#N. The molecule has 0 unspecified atom stereocenters. The zero-order valence-electron chi connectivity index (χ0n) is 3.64. The Hall–Kier alpha value is -0.880. The summed E-state index contributed by atoms with van der Waals surface area (Å²) in [6.45, 7) is 3.32. The molecule has 0 aromatic rings. The van der Waals surface area contributed by atoms with Gasteiger partial charge in [0.25, 0.3) is 0 Å². The molecule has 0 fully saturated rings. The van der Waals surface area contributed by atoms with E-state index >= 15 is 0 Å². The maximum absolute atomic E-state index is 7.87. The Morgan fingerprint density at radius 2 is 2.57 bits per heavy atom. The average molecular weight is 112 g/mol. The van der Waals surface area contributed by atoms with Crippen LogP contribution in [-0.4, -0.2) is 4.99 Å². The van der Waals surface area contributed by atoms with E-state index in [1.165, 1.54) is 6.08 Å². The average Bonchev–Trinajstić information content (AvgIpc) is 1.68. The molecule has 0 atom stereocenters. The minimum atomic E-state index is 0.363. The molecule has 0 aromatic heterocycles. The number of hydrogen-bond acceptors (Lipinski definition) is 2. The van der Waals surface area contributed by atoms with Gasteiger partial charge in [-0.2, -0.15) is 5.26 Å². The summed E-state index contributed by atoms with van der Waals surface area (Å²) in [4.78, 5) is 0.363. The molecule has 0 spiro atoms. The van der Waals surface area contributed by atoms with Gasteiger partial charge in [0.15, 0.2) is 6.19 Å². The van der Waals surface area contributed by atoms with Gasteiger partial charge < -0.3 is 0 Å². The number of nitrogens with one attached hydrogen (secondary N) is 1. The third-order valence-corrected chi connectivity index (χ3v) is 0.633. The van der Waals surface area contributed by atoms with Gasteiger partial charge in [-0.3, -0.25) is 5.32 Å². The maximum Gasteiger partial charge on any atom is 0.182 e. The van der Waals surface area contributed by atoms with Crippen molar-refractivity contribution in [3.63, 3.8) is 0 Å². The molecule has 0 aliphatic rings. The van der Waals surface area contributed by atoms with Crippen LogP contribution in [-0.2, 0) is 0 Å². The molecule has 2 nitrogen and oxygen atoms in total. The van der Waals surface area contributed by atoms with Crippen molar-refractivity contribution in [2.45, 2.75) is 0 Å². The Morgan fingerprint density at radius 3 is 2.71 bits per heavy atom. The lowest BCUT2D eigenvalue weighted by Crippen LogP contribution is -2.10. The van der Waals surface area contributed by atoms with Gasteiger partial charge in [0.1, 0.15) is 4.99 Å². The molecule has 0 radical (unpaired) electrons. The summed E-state index contributed by atoms with van der Waals surface area (Å²) >= 11 is 4.50. The van der Waals surface area contributed by atoms with Crippen molar-refractivity contribution >= 4 is 17.2 Å².